The molecule has 10 aromatic rings. The van der Waals surface area contributed by atoms with Crippen LogP contribution in [-0.2, 0) is 0 Å². The molecule has 268 valence electrons. The first-order valence-corrected chi connectivity index (χ1v) is 18.7. The third kappa shape index (κ3) is 6.56. The second-order valence-corrected chi connectivity index (χ2v) is 13.6. The van der Waals surface area contributed by atoms with Gasteiger partial charge < -0.3 is 4.90 Å². The van der Waals surface area contributed by atoms with E-state index in [4.69, 9.17) is 0 Å². The van der Waals surface area contributed by atoms with E-state index in [0.717, 1.165) is 26.6 Å². The van der Waals surface area contributed by atoms with Gasteiger partial charge in [0, 0.05) is 16.9 Å². The van der Waals surface area contributed by atoms with Crippen molar-refractivity contribution < 1.29 is 15.1 Å². The highest BCUT2D eigenvalue weighted by Crippen LogP contribution is 2.45. The van der Waals surface area contributed by atoms with Crippen LogP contribution in [0, 0.1) is 0 Å². The molecule has 0 aliphatic heterocycles. The summed E-state index contributed by atoms with van der Waals surface area (Å²) in [5, 5.41) is 3.22. The fraction of sp³-hybridized carbons (Fsp3) is 0. The number of anilines is 3. The predicted octanol–water partition coefficient (Wildman–Crippen LogP) is 15.8. The molecule has 0 atom stereocenters. The SMILES string of the molecule is [2H]c1c([2H])c(N(c2c([2H])c([2H])c(-c3ccc4ccccc4c3-c3ccccc3)c([2H])c2[2H])c2c([2H])c([2H])c(-c3cccc4ccccc34)c([2H])c2[2H])c(-c2ccccc2)c([2H])c1-c1ccccc1. The van der Waals surface area contributed by atoms with Crippen molar-refractivity contribution in [1.82, 2.24) is 0 Å². The molecule has 10 aromatic carbocycles. The zero-order valence-corrected chi connectivity index (χ0v) is 30.6. The molecule has 1 nitrogen and oxygen atoms in total. The van der Waals surface area contributed by atoms with E-state index in [-0.39, 0.29) is 34.0 Å². The lowest BCUT2D eigenvalue weighted by molar-refractivity contribution is 1.28. The highest BCUT2D eigenvalue weighted by Gasteiger charge is 2.20. The van der Waals surface area contributed by atoms with Crippen LogP contribution in [-0.4, -0.2) is 0 Å². The monoisotopic (exact) mass is 736 g/mol. The van der Waals surface area contributed by atoms with Gasteiger partial charge in [0.05, 0.1) is 20.8 Å². The Hall–Kier alpha value is -7.48. The second kappa shape index (κ2) is 15.0. The van der Waals surface area contributed by atoms with Gasteiger partial charge in [-0.3, -0.25) is 0 Å². The van der Waals surface area contributed by atoms with E-state index >= 15 is 0 Å². The average molecular weight is 737 g/mol. The molecule has 0 spiro atoms. The van der Waals surface area contributed by atoms with Crippen LogP contribution < -0.4 is 4.90 Å². The smallest absolute Gasteiger partial charge is 0.0645 e. The molecular formula is C56H39N. The van der Waals surface area contributed by atoms with Crippen LogP contribution in [0.3, 0.4) is 0 Å². The molecule has 0 aliphatic rings. The molecular weight excluding hydrogens is 687 g/mol. The van der Waals surface area contributed by atoms with Crippen molar-refractivity contribution in [3.8, 4) is 55.6 Å². The Morgan fingerprint density at radius 2 is 0.789 bits per heavy atom. The molecule has 10 rings (SSSR count). The number of rotatable bonds is 8. The maximum Gasteiger partial charge on any atom is 0.0645 e. The molecule has 0 amide bonds. The third-order valence-corrected chi connectivity index (χ3v) is 10.1. The first-order chi connectivity index (χ1) is 32.9. The van der Waals surface area contributed by atoms with Crippen LogP contribution in [0.1, 0.15) is 15.1 Å². The lowest BCUT2D eigenvalue weighted by Gasteiger charge is -2.29. The summed E-state index contributed by atoms with van der Waals surface area (Å²) >= 11 is 0. The molecule has 0 radical (unpaired) electrons. The molecule has 0 saturated carbocycles. The molecule has 0 saturated heterocycles. The molecule has 0 bridgehead atoms. The van der Waals surface area contributed by atoms with Gasteiger partial charge in [-0.15, -0.1) is 0 Å². The minimum absolute atomic E-state index is 0.00341. The van der Waals surface area contributed by atoms with Crippen molar-refractivity contribution in [3.05, 3.63) is 236 Å². The Morgan fingerprint density at radius 1 is 0.298 bits per heavy atom. The Labute approximate surface area is 349 Å². The molecule has 0 N–H and O–H groups in total. The normalized spacial score (nSPS) is 13.9. The Kier molecular flexibility index (Phi) is 6.34. The van der Waals surface area contributed by atoms with Crippen molar-refractivity contribution in [1.29, 1.82) is 0 Å². The van der Waals surface area contributed by atoms with Gasteiger partial charge in [-0.05, 0) is 108 Å². The van der Waals surface area contributed by atoms with Crippen LogP contribution in [0.2, 0.25) is 0 Å². The molecule has 0 fully saturated rings. The minimum atomic E-state index is -0.605. The quantitative estimate of drug-likeness (QED) is 0.150. The summed E-state index contributed by atoms with van der Waals surface area (Å²) in [5.74, 6) is 0. The van der Waals surface area contributed by atoms with Crippen LogP contribution in [0.15, 0.2) is 236 Å². The summed E-state index contributed by atoms with van der Waals surface area (Å²) in [6, 6.07) is 45.6. The summed E-state index contributed by atoms with van der Waals surface area (Å²) in [6.45, 7) is 0. The van der Waals surface area contributed by atoms with Crippen molar-refractivity contribution in [2.45, 2.75) is 0 Å². The van der Waals surface area contributed by atoms with Gasteiger partial charge in [-0.2, -0.15) is 0 Å². The van der Waals surface area contributed by atoms with E-state index in [1.807, 2.05) is 91.0 Å². The van der Waals surface area contributed by atoms with Crippen molar-refractivity contribution in [3.63, 3.8) is 0 Å². The molecule has 0 heterocycles. The van der Waals surface area contributed by atoms with E-state index in [0.29, 0.717) is 33.2 Å². The van der Waals surface area contributed by atoms with E-state index in [1.165, 1.54) is 0 Å². The first kappa shape index (κ1) is 24.1. The number of hydrogen-bond donors (Lipinski definition) is 0. The molecule has 1 heteroatoms. The van der Waals surface area contributed by atoms with E-state index in [9.17, 15) is 15.1 Å². The van der Waals surface area contributed by atoms with Crippen LogP contribution in [0.25, 0.3) is 77.2 Å². The molecule has 0 aliphatic carbocycles. The van der Waals surface area contributed by atoms with Gasteiger partial charge in [0.15, 0.2) is 0 Å². The summed E-state index contributed by atoms with van der Waals surface area (Å²) in [6.07, 6.45) is 0. The van der Waals surface area contributed by atoms with Crippen LogP contribution >= 0.6 is 0 Å². The molecule has 0 aromatic heterocycles. The minimum Gasteiger partial charge on any atom is -0.310 e. The largest absolute Gasteiger partial charge is 0.310 e. The fourth-order valence-electron chi connectivity index (χ4n) is 7.41. The van der Waals surface area contributed by atoms with Gasteiger partial charge in [0.25, 0.3) is 0 Å². The average Bonchev–Trinajstić information content (AvgIpc) is 3.37. The van der Waals surface area contributed by atoms with Gasteiger partial charge in [-0.25, -0.2) is 0 Å². The fourth-order valence-corrected chi connectivity index (χ4v) is 7.41. The van der Waals surface area contributed by atoms with Gasteiger partial charge in [-0.1, -0.05) is 200 Å². The topological polar surface area (TPSA) is 3.24 Å². The maximum absolute atomic E-state index is 9.93. The van der Waals surface area contributed by atoms with Crippen molar-refractivity contribution >= 4 is 38.6 Å². The lowest BCUT2D eigenvalue weighted by atomic mass is 9.89. The van der Waals surface area contributed by atoms with E-state index < -0.39 is 71.8 Å². The summed E-state index contributed by atoms with van der Waals surface area (Å²) < 4.78 is 108. The van der Waals surface area contributed by atoms with E-state index in [2.05, 4.69) is 0 Å². The van der Waals surface area contributed by atoms with Crippen LogP contribution in [0.4, 0.5) is 17.1 Å². The van der Waals surface area contributed by atoms with Gasteiger partial charge in [0.1, 0.15) is 0 Å². The second-order valence-electron chi connectivity index (χ2n) is 13.6. The van der Waals surface area contributed by atoms with Crippen molar-refractivity contribution in [2.75, 3.05) is 4.90 Å². The predicted molar refractivity (Wildman–Crippen MR) is 243 cm³/mol. The summed E-state index contributed by atoms with van der Waals surface area (Å²) in [7, 11) is 0. The summed E-state index contributed by atoms with van der Waals surface area (Å²) in [5.41, 5.74) is 2.09. The first-order valence-electron chi connectivity index (χ1n) is 24.2. The maximum atomic E-state index is 9.93. The van der Waals surface area contributed by atoms with Crippen molar-refractivity contribution in [2.24, 2.45) is 0 Å². The molecule has 0 unspecified atom stereocenters. The van der Waals surface area contributed by atoms with Gasteiger partial charge >= 0.3 is 0 Å². The third-order valence-electron chi connectivity index (χ3n) is 10.1. The number of hydrogen-bond acceptors (Lipinski definition) is 1. The van der Waals surface area contributed by atoms with E-state index in [1.54, 1.807) is 78.9 Å². The lowest BCUT2D eigenvalue weighted by Crippen LogP contribution is -2.11. The van der Waals surface area contributed by atoms with Crippen LogP contribution in [0.5, 0.6) is 0 Å². The number of nitrogens with zero attached hydrogens (tertiary/aromatic N) is 1. The Bertz CT molecular complexity index is 3570. The number of benzene rings is 10. The molecule has 57 heavy (non-hydrogen) atoms. The number of fused-ring (bicyclic) bond motifs is 2. The standard InChI is InChI=1S/C56H39N/c1-4-15-40(16-5-1)47-32-38-55(54(39-47)42-17-6-2-7-18-42)57(48-33-27-44(28-34-48)51-26-14-23-41-19-10-12-24-50(41)51)49-35-29-45(30-36-49)53-37-31-43-20-11-13-25-52(43)56(53)46-21-8-3-9-22-46/h1-39H/i27D,28D,29D,30D,32D,33D,34D,35D,36D,38D,39D. The zero-order valence-electron chi connectivity index (χ0n) is 41.6. The highest BCUT2D eigenvalue weighted by molar-refractivity contribution is 6.04. The Balaban J connectivity index is 1.34. The Morgan fingerprint density at radius 3 is 1.44 bits per heavy atom. The summed E-state index contributed by atoms with van der Waals surface area (Å²) in [4.78, 5) is 1.06. The highest BCUT2D eigenvalue weighted by atomic mass is 15.1. The van der Waals surface area contributed by atoms with Gasteiger partial charge in [0.2, 0.25) is 0 Å². The zero-order chi connectivity index (χ0) is 47.5.